The normalized spacial score (nSPS) is 11.9. The van der Waals surface area contributed by atoms with E-state index in [4.69, 9.17) is 5.73 Å². The van der Waals surface area contributed by atoms with Gasteiger partial charge in [0.2, 0.25) is 10.0 Å². The Morgan fingerprint density at radius 1 is 1.05 bits per heavy atom. The molecule has 2 aromatic rings. The number of halogens is 1. The van der Waals surface area contributed by atoms with Crippen LogP contribution in [0.2, 0.25) is 0 Å². The second kappa shape index (κ2) is 8.06. The molecule has 0 heterocycles. The molecule has 0 saturated heterocycles. The number of hydrogen-bond acceptors (Lipinski definition) is 3. The monoisotopic (exact) mass is 384 g/mol. The Labute approximate surface area is 140 Å². The fourth-order valence-corrected chi connectivity index (χ4v) is 3.92. The van der Waals surface area contributed by atoms with E-state index in [1.54, 1.807) is 12.1 Å². The van der Waals surface area contributed by atoms with Crippen molar-refractivity contribution in [2.24, 2.45) is 5.73 Å². The van der Waals surface area contributed by atoms with E-state index < -0.39 is 10.0 Å². The number of fused-ring (bicyclic) bond motifs is 1. The third kappa shape index (κ3) is 4.52. The van der Waals surface area contributed by atoms with E-state index in [1.165, 1.54) is 0 Å². The van der Waals surface area contributed by atoms with Crippen LogP contribution in [0.5, 0.6) is 0 Å². The summed E-state index contributed by atoms with van der Waals surface area (Å²) in [5.41, 5.74) is 5.43. The summed E-state index contributed by atoms with van der Waals surface area (Å²) in [6, 6.07) is 10.9. The lowest BCUT2D eigenvalue weighted by atomic mass is 10.1. The van der Waals surface area contributed by atoms with E-state index in [-0.39, 0.29) is 0 Å². The topological polar surface area (TPSA) is 72.2 Å². The van der Waals surface area contributed by atoms with E-state index in [0.717, 1.165) is 40.9 Å². The van der Waals surface area contributed by atoms with Gasteiger partial charge in [-0.05, 0) is 48.4 Å². The molecule has 22 heavy (non-hydrogen) atoms. The van der Waals surface area contributed by atoms with Gasteiger partial charge in [0.1, 0.15) is 0 Å². The zero-order valence-electron chi connectivity index (χ0n) is 12.4. The quantitative estimate of drug-likeness (QED) is 0.684. The van der Waals surface area contributed by atoms with Crippen molar-refractivity contribution < 1.29 is 8.42 Å². The third-order valence-corrected chi connectivity index (χ3v) is 5.68. The van der Waals surface area contributed by atoms with Crippen LogP contribution in [0, 0.1) is 0 Å². The zero-order chi connectivity index (χ0) is 16.0. The first kappa shape index (κ1) is 17.4. The van der Waals surface area contributed by atoms with Crippen LogP contribution in [-0.2, 0) is 10.0 Å². The molecule has 6 heteroatoms. The van der Waals surface area contributed by atoms with E-state index in [2.05, 4.69) is 20.7 Å². The molecule has 0 spiro atoms. The van der Waals surface area contributed by atoms with Gasteiger partial charge in [0.25, 0.3) is 0 Å². The summed E-state index contributed by atoms with van der Waals surface area (Å²) in [5.74, 6) is 0. The maximum atomic E-state index is 12.3. The molecule has 0 aliphatic heterocycles. The number of sulfonamides is 1. The van der Waals surface area contributed by atoms with Gasteiger partial charge in [-0.15, -0.1) is 0 Å². The maximum Gasteiger partial charge on any atom is 0.240 e. The Kier molecular flexibility index (Phi) is 6.37. The van der Waals surface area contributed by atoms with Crippen molar-refractivity contribution in [3.63, 3.8) is 0 Å². The highest BCUT2D eigenvalue weighted by Gasteiger charge is 2.14. The molecule has 4 nitrogen and oxygen atoms in total. The van der Waals surface area contributed by atoms with Crippen LogP contribution in [0.25, 0.3) is 10.8 Å². The van der Waals surface area contributed by atoms with Crippen molar-refractivity contribution in [2.75, 3.05) is 13.1 Å². The second-order valence-electron chi connectivity index (χ2n) is 5.22. The average Bonchev–Trinajstić information content (AvgIpc) is 2.50. The van der Waals surface area contributed by atoms with Gasteiger partial charge < -0.3 is 5.73 Å². The third-order valence-electron chi connectivity index (χ3n) is 3.53. The highest BCUT2D eigenvalue weighted by molar-refractivity contribution is 9.10. The van der Waals surface area contributed by atoms with Crippen molar-refractivity contribution in [2.45, 2.75) is 30.6 Å². The van der Waals surface area contributed by atoms with Gasteiger partial charge in [-0.25, -0.2) is 13.1 Å². The highest BCUT2D eigenvalue weighted by Crippen LogP contribution is 2.25. The second-order valence-corrected chi connectivity index (χ2v) is 7.84. The van der Waals surface area contributed by atoms with Gasteiger partial charge in [-0.3, -0.25) is 0 Å². The summed E-state index contributed by atoms with van der Waals surface area (Å²) in [6.45, 7) is 1.15. The highest BCUT2D eigenvalue weighted by atomic mass is 79.9. The molecular weight excluding hydrogens is 364 g/mol. The summed E-state index contributed by atoms with van der Waals surface area (Å²) in [4.78, 5) is 0.306. The van der Waals surface area contributed by atoms with Gasteiger partial charge in [0.05, 0.1) is 4.90 Å². The minimum Gasteiger partial charge on any atom is -0.330 e. The lowest BCUT2D eigenvalue weighted by molar-refractivity contribution is 0.572. The van der Waals surface area contributed by atoms with Crippen LogP contribution in [0.3, 0.4) is 0 Å². The lowest BCUT2D eigenvalue weighted by Crippen LogP contribution is -2.24. The molecule has 0 saturated carbocycles. The largest absolute Gasteiger partial charge is 0.330 e. The van der Waals surface area contributed by atoms with Gasteiger partial charge in [-0.1, -0.05) is 47.0 Å². The van der Waals surface area contributed by atoms with E-state index in [0.29, 0.717) is 18.0 Å². The first-order valence-corrected chi connectivity index (χ1v) is 9.70. The van der Waals surface area contributed by atoms with E-state index in [1.807, 2.05) is 24.3 Å². The molecule has 0 fully saturated rings. The average molecular weight is 385 g/mol. The van der Waals surface area contributed by atoms with Crippen LogP contribution >= 0.6 is 15.9 Å². The molecule has 0 bridgehead atoms. The molecular formula is C16H21BrN2O2S. The van der Waals surface area contributed by atoms with Crippen LogP contribution in [0.4, 0.5) is 0 Å². The van der Waals surface area contributed by atoms with Gasteiger partial charge in [0.15, 0.2) is 0 Å². The fraction of sp³-hybridized carbons (Fsp3) is 0.375. The summed E-state index contributed by atoms with van der Waals surface area (Å²) in [7, 11) is -3.45. The van der Waals surface area contributed by atoms with Crippen molar-refractivity contribution in [1.29, 1.82) is 0 Å². The molecule has 0 radical (unpaired) electrons. The number of benzene rings is 2. The van der Waals surface area contributed by atoms with Gasteiger partial charge in [0, 0.05) is 11.0 Å². The molecule has 0 atom stereocenters. The van der Waals surface area contributed by atoms with Crippen molar-refractivity contribution in [3.8, 4) is 0 Å². The molecule has 0 amide bonds. The molecule has 0 aromatic heterocycles. The van der Waals surface area contributed by atoms with Crippen LogP contribution in [-0.4, -0.2) is 21.5 Å². The van der Waals surface area contributed by atoms with Crippen LogP contribution in [0.15, 0.2) is 45.8 Å². The first-order chi connectivity index (χ1) is 10.5. The number of rotatable bonds is 8. The predicted octanol–water partition coefficient (Wildman–Crippen LogP) is 3.40. The summed E-state index contributed by atoms with van der Waals surface area (Å²) in [6.07, 6.45) is 3.86. The van der Waals surface area contributed by atoms with Crippen LogP contribution in [0.1, 0.15) is 25.7 Å². The van der Waals surface area contributed by atoms with Crippen molar-refractivity contribution >= 4 is 36.7 Å². The standard InChI is InChI=1S/C16H21BrN2O2S/c17-16-7-5-6-13-12-14(8-9-15(13)16)22(20,21)19-11-4-2-1-3-10-18/h5-9,12,19H,1-4,10-11,18H2. The fourth-order valence-electron chi connectivity index (χ4n) is 2.30. The predicted molar refractivity (Wildman–Crippen MR) is 94.4 cm³/mol. The van der Waals surface area contributed by atoms with Crippen LogP contribution < -0.4 is 10.5 Å². The smallest absolute Gasteiger partial charge is 0.240 e. The Hall–Kier alpha value is -0.950. The molecule has 3 N–H and O–H groups in total. The Bertz CT molecular complexity index is 732. The summed E-state index contributed by atoms with van der Waals surface area (Å²) < 4.78 is 28.2. The van der Waals surface area contributed by atoms with Gasteiger partial charge in [-0.2, -0.15) is 0 Å². The number of hydrogen-bond donors (Lipinski definition) is 2. The SMILES string of the molecule is NCCCCCCNS(=O)(=O)c1ccc2c(Br)cccc2c1. The minimum absolute atomic E-state index is 0.306. The van der Waals surface area contributed by atoms with Crippen molar-refractivity contribution in [3.05, 3.63) is 40.9 Å². The number of nitrogens with one attached hydrogen (secondary N) is 1. The van der Waals surface area contributed by atoms with Gasteiger partial charge >= 0.3 is 0 Å². The number of nitrogens with two attached hydrogens (primary N) is 1. The molecule has 0 unspecified atom stereocenters. The first-order valence-electron chi connectivity index (χ1n) is 7.42. The molecule has 2 aromatic carbocycles. The zero-order valence-corrected chi connectivity index (χ0v) is 14.8. The maximum absolute atomic E-state index is 12.3. The minimum atomic E-state index is -3.45. The molecule has 0 aliphatic carbocycles. The van der Waals surface area contributed by atoms with Crippen molar-refractivity contribution in [1.82, 2.24) is 4.72 Å². The number of unbranched alkanes of at least 4 members (excludes halogenated alkanes) is 3. The van der Waals surface area contributed by atoms with E-state index >= 15 is 0 Å². The molecule has 120 valence electrons. The summed E-state index contributed by atoms with van der Waals surface area (Å²) >= 11 is 3.47. The molecule has 2 rings (SSSR count). The summed E-state index contributed by atoms with van der Waals surface area (Å²) in [5, 5.41) is 1.91. The molecule has 0 aliphatic rings. The Balaban J connectivity index is 2.03. The Morgan fingerprint density at radius 3 is 2.59 bits per heavy atom. The Morgan fingerprint density at radius 2 is 1.82 bits per heavy atom. The van der Waals surface area contributed by atoms with E-state index in [9.17, 15) is 8.42 Å². The lowest BCUT2D eigenvalue weighted by Gasteiger charge is -2.08.